The number of benzene rings is 1. The van der Waals surface area contributed by atoms with Gasteiger partial charge in [-0.15, -0.1) is 11.3 Å². The number of nitrogens with zero attached hydrogens (tertiary/aromatic N) is 2. The minimum absolute atomic E-state index is 0.0137. The number of nitrogens with one attached hydrogen (secondary N) is 1. The van der Waals surface area contributed by atoms with Crippen LogP contribution in [0.3, 0.4) is 0 Å². The van der Waals surface area contributed by atoms with Crippen LogP contribution in [-0.2, 0) is 6.54 Å². The van der Waals surface area contributed by atoms with Crippen molar-refractivity contribution in [3.8, 4) is 11.5 Å². The molecule has 0 radical (unpaired) electrons. The van der Waals surface area contributed by atoms with Gasteiger partial charge in [-0.1, -0.05) is 6.07 Å². The second-order valence-electron chi connectivity index (χ2n) is 5.86. The second-order valence-corrected chi connectivity index (χ2v) is 6.81. The first-order chi connectivity index (χ1) is 11.8. The van der Waals surface area contributed by atoms with Gasteiger partial charge < -0.3 is 14.4 Å². The summed E-state index contributed by atoms with van der Waals surface area (Å²) in [5.74, 6) is 1.63. The molecule has 0 spiro atoms. The lowest BCUT2D eigenvalue weighted by Gasteiger charge is -2.34. The van der Waals surface area contributed by atoms with Gasteiger partial charge in [-0.2, -0.15) is 0 Å². The third-order valence-corrected chi connectivity index (χ3v) is 5.04. The molecule has 1 fully saturated rings. The molecule has 2 aliphatic heterocycles. The topological polar surface area (TPSA) is 54.0 Å². The summed E-state index contributed by atoms with van der Waals surface area (Å²) in [6.45, 7) is 4.37. The van der Waals surface area contributed by atoms with Gasteiger partial charge in [0.2, 0.25) is 6.79 Å². The van der Waals surface area contributed by atoms with Crippen LogP contribution in [0, 0.1) is 0 Å². The van der Waals surface area contributed by atoms with Crippen LogP contribution in [0.4, 0.5) is 9.80 Å². The Labute approximate surface area is 144 Å². The van der Waals surface area contributed by atoms with E-state index in [-0.39, 0.29) is 6.03 Å². The molecule has 0 aliphatic carbocycles. The van der Waals surface area contributed by atoms with E-state index in [1.807, 2.05) is 34.5 Å². The van der Waals surface area contributed by atoms with Crippen molar-refractivity contribution in [2.45, 2.75) is 6.54 Å². The maximum Gasteiger partial charge on any atom is 0.322 e. The van der Waals surface area contributed by atoms with Crippen LogP contribution in [0.1, 0.15) is 5.56 Å². The molecular weight excluding hydrogens is 326 g/mol. The smallest absolute Gasteiger partial charge is 0.322 e. The zero-order valence-electron chi connectivity index (χ0n) is 13.2. The van der Waals surface area contributed by atoms with Crippen LogP contribution < -0.4 is 14.8 Å². The molecule has 1 aromatic carbocycles. The number of hydrogen-bond donors (Lipinski definition) is 1. The number of fused-ring (bicyclic) bond motifs is 1. The first-order valence-corrected chi connectivity index (χ1v) is 8.86. The molecule has 24 heavy (non-hydrogen) atoms. The molecule has 0 saturated carbocycles. The molecule has 4 rings (SSSR count). The van der Waals surface area contributed by atoms with Gasteiger partial charge in [0.05, 0.1) is 5.00 Å². The SMILES string of the molecule is O=C(Nc1cccs1)N1CCN(Cc2ccc3c(c2)OCO3)CC1. The van der Waals surface area contributed by atoms with Crippen LogP contribution in [0.15, 0.2) is 35.7 Å². The fraction of sp³-hybridized carbons (Fsp3) is 0.353. The van der Waals surface area contributed by atoms with Crippen molar-refractivity contribution >= 4 is 22.4 Å². The highest BCUT2D eigenvalue weighted by molar-refractivity contribution is 7.14. The molecule has 1 aromatic heterocycles. The monoisotopic (exact) mass is 345 g/mol. The van der Waals surface area contributed by atoms with Gasteiger partial charge in [0.1, 0.15) is 0 Å². The van der Waals surface area contributed by atoms with Gasteiger partial charge in [0, 0.05) is 32.7 Å². The predicted octanol–water partition coefficient (Wildman–Crippen LogP) is 2.83. The molecule has 2 aliphatic rings. The predicted molar refractivity (Wildman–Crippen MR) is 92.8 cm³/mol. The lowest BCUT2D eigenvalue weighted by molar-refractivity contribution is 0.143. The van der Waals surface area contributed by atoms with Crippen molar-refractivity contribution in [2.75, 3.05) is 38.3 Å². The Morgan fingerprint density at radius 2 is 1.96 bits per heavy atom. The number of carbonyl (C=O) groups excluding carboxylic acids is 1. The average Bonchev–Trinajstić information content (AvgIpc) is 3.26. The highest BCUT2D eigenvalue weighted by Crippen LogP contribution is 2.32. The summed E-state index contributed by atoms with van der Waals surface area (Å²) in [7, 11) is 0. The van der Waals surface area contributed by atoms with E-state index in [0.717, 1.165) is 49.2 Å². The molecule has 0 atom stereocenters. The number of anilines is 1. The summed E-state index contributed by atoms with van der Waals surface area (Å²) in [6.07, 6.45) is 0. The van der Waals surface area contributed by atoms with Gasteiger partial charge in [-0.3, -0.25) is 10.2 Å². The molecule has 126 valence electrons. The number of piperazine rings is 1. The van der Waals surface area contributed by atoms with Crippen LogP contribution in [0.5, 0.6) is 11.5 Å². The first kappa shape index (κ1) is 15.3. The lowest BCUT2D eigenvalue weighted by atomic mass is 10.1. The zero-order chi connectivity index (χ0) is 16.4. The fourth-order valence-electron chi connectivity index (χ4n) is 2.94. The number of hydrogen-bond acceptors (Lipinski definition) is 5. The Morgan fingerprint density at radius 1 is 1.12 bits per heavy atom. The molecule has 1 N–H and O–H groups in total. The Hall–Kier alpha value is -2.25. The molecule has 2 aromatic rings. The summed E-state index contributed by atoms with van der Waals surface area (Å²) < 4.78 is 10.8. The lowest BCUT2D eigenvalue weighted by Crippen LogP contribution is -2.49. The van der Waals surface area contributed by atoms with E-state index >= 15 is 0 Å². The largest absolute Gasteiger partial charge is 0.454 e. The molecule has 2 amide bonds. The molecule has 3 heterocycles. The third-order valence-electron chi connectivity index (χ3n) is 4.25. The van der Waals surface area contributed by atoms with Crippen molar-refractivity contribution in [1.82, 2.24) is 9.80 Å². The number of urea groups is 1. The van der Waals surface area contributed by atoms with Crippen LogP contribution in [0.2, 0.25) is 0 Å². The van der Waals surface area contributed by atoms with Crippen molar-refractivity contribution in [3.63, 3.8) is 0 Å². The number of rotatable bonds is 3. The standard InChI is InChI=1S/C17H19N3O3S/c21-17(18-16-2-1-9-24-16)20-7-5-19(6-8-20)11-13-3-4-14-15(10-13)23-12-22-14/h1-4,9-10H,5-8,11-12H2,(H,18,21). The van der Waals surface area contributed by atoms with Gasteiger partial charge in [-0.05, 0) is 35.2 Å². The van der Waals surface area contributed by atoms with Crippen molar-refractivity contribution in [3.05, 3.63) is 41.3 Å². The van der Waals surface area contributed by atoms with Gasteiger partial charge in [0.15, 0.2) is 11.5 Å². The third kappa shape index (κ3) is 3.32. The van der Waals surface area contributed by atoms with Crippen LogP contribution in [0.25, 0.3) is 0 Å². The Morgan fingerprint density at radius 3 is 2.75 bits per heavy atom. The van der Waals surface area contributed by atoms with E-state index in [1.165, 1.54) is 16.9 Å². The number of amides is 2. The van der Waals surface area contributed by atoms with E-state index in [9.17, 15) is 4.79 Å². The van der Waals surface area contributed by atoms with E-state index < -0.39 is 0 Å². The minimum atomic E-state index is -0.0137. The van der Waals surface area contributed by atoms with Crippen LogP contribution in [-0.4, -0.2) is 48.8 Å². The Balaban J connectivity index is 1.29. The Bertz CT molecular complexity index is 712. The normalized spacial score (nSPS) is 17.1. The quantitative estimate of drug-likeness (QED) is 0.929. The summed E-state index contributed by atoms with van der Waals surface area (Å²) >= 11 is 1.54. The highest BCUT2D eigenvalue weighted by Gasteiger charge is 2.22. The highest BCUT2D eigenvalue weighted by atomic mass is 32.1. The maximum absolute atomic E-state index is 12.2. The second kappa shape index (κ2) is 6.70. The zero-order valence-corrected chi connectivity index (χ0v) is 14.1. The first-order valence-electron chi connectivity index (χ1n) is 7.98. The van der Waals surface area contributed by atoms with E-state index in [1.54, 1.807) is 0 Å². The van der Waals surface area contributed by atoms with Crippen molar-refractivity contribution in [1.29, 1.82) is 0 Å². The summed E-state index contributed by atoms with van der Waals surface area (Å²) in [6, 6.07) is 9.91. The maximum atomic E-state index is 12.2. The van der Waals surface area contributed by atoms with E-state index in [2.05, 4.69) is 16.3 Å². The van der Waals surface area contributed by atoms with Gasteiger partial charge in [0.25, 0.3) is 0 Å². The summed E-state index contributed by atoms with van der Waals surface area (Å²) in [5, 5.41) is 5.79. The molecule has 7 heteroatoms. The van der Waals surface area contributed by atoms with Crippen molar-refractivity contribution < 1.29 is 14.3 Å². The minimum Gasteiger partial charge on any atom is -0.454 e. The molecule has 0 unspecified atom stereocenters. The molecule has 1 saturated heterocycles. The van der Waals surface area contributed by atoms with E-state index in [4.69, 9.17) is 9.47 Å². The number of ether oxygens (including phenoxy) is 2. The van der Waals surface area contributed by atoms with Crippen LogP contribution >= 0.6 is 11.3 Å². The van der Waals surface area contributed by atoms with Crippen molar-refractivity contribution in [2.24, 2.45) is 0 Å². The fourth-order valence-corrected chi connectivity index (χ4v) is 3.55. The number of carbonyl (C=O) groups is 1. The molecule has 0 bridgehead atoms. The summed E-state index contributed by atoms with van der Waals surface area (Å²) in [5.41, 5.74) is 1.20. The van der Waals surface area contributed by atoms with Gasteiger partial charge >= 0.3 is 6.03 Å². The molecule has 6 nitrogen and oxygen atoms in total. The average molecular weight is 345 g/mol. The Kier molecular flexibility index (Phi) is 4.27. The van der Waals surface area contributed by atoms with E-state index in [0.29, 0.717) is 6.79 Å². The summed E-state index contributed by atoms with van der Waals surface area (Å²) in [4.78, 5) is 16.5. The molecular formula is C17H19N3O3S. The number of thiophene rings is 1. The van der Waals surface area contributed by atoms with Gasteiger partial charge in [-0.25, -0.2) is 4.79 Å².